The number of aromatic nitrogens is 2. The van der Waals surface area contributed by atoms with Gasteiger partial charge in [-0.25, -0.2) is 9.97 Å². The minimum atomic E-state index is 0.114. The molecule has 1 atom stereocenters. The Balaban J connectivity index is 1.22. The maximum absolute atomic E-state index is 9.31. The van der Waals surface area contributed by atoms with Crippen molar-refractivity contribution in [1.82, 2.24) is 9.97 Å². The van der Waals surface area contributed by atoms with Gasteiger partial charge < -0.3 is 0 Å². The predicted octanol–water partition coefficient (Wildman–Crippen LogP) is 10.4. The summed E-state index contributed by atoms with van der Waals surface area (Å²) >= 11 is 1.87. The van der Waals surface area contributed by atoms with Gasteiger partial charge in [0.15, 0.2) is 5.82 Å². The van der Waals surface area contributed by atoms with Crippen LogP contribution in [0.15, 0.2) is 133 Å². The minimum absolute atomic E-state index is 0.114. The van der Waals surface area contributed by atoms with Gasteiger partial charge in [-0.1, -0.05) is 91.0 Å². The topological polar surface area (TPSA) is 49.6 Å². The highest BCUT2D eigenvalue weighted by molar-refractivity contribution is 7.25. The Hall–Kier alpha value is -5.63. The van der Waals surface area contributed by atoms with Crippen LogP contribution in [0.4, 0.5) is 0 Å². The molecule has 4 heteroatoms. The SMILES string of the molecule is N#Cc1ccc(-c2nc(-c3cccc(C4c5ccccc5-c5cc6sc7ccccc7c6cc54)c3)nc3ccccc23)cc1. The van der Waals surface area contributed by atoms with Crippen LogP contribution in [0.1, 0.15) is 28.2 Å². The van der Waals surface area contributed by atoms with Crippen LogP contribution < -0.4 is 0 Å². The van der Waals surface area contributed by atoms with Crippen LogP contribution in [0.5, 0.6) is 0 Å². The molecule has 2 heterocycles. The second-order valence-electron chi connectivity index (χ2n) is 11.3. The number of hydrogen-bond donors (Lipinski definition) is 0. The van der Waals surface area contributed by atoms with Gasteiger partial charge in [0.25, 0.3) is 0 Å². The first kappa shape index (κ1) is 24.9. The maximum atomic E-state index is 9.31. The van der Waals surface area contributed by atoms with Crippen molar-refractivity contribution >= 4 is 42.4 Å². The quantitative estimate of drug-likeness (QED) is 0.210. The third kappa shape index (κ3) is 3.80. The molecule has 9 rings (SSSR count). The van der Waals surface area contributed by atoms with Gasteiger partial charge in [-0.05, 0) is 70.3 Å². The molecule has 1 unspecified atom stereocenters. The summed E-state index contributed by atoms with van der Waals surface area (Å²) in [6, 6.07) is 49.0. The molecule has 1 aliphatic carbocycles. The smallest absolute Gasteiger partial charge is 0.160 e. The number of nitriles is 1. The van der Waals surface area contributed by atoms with Crippen molar-refractivity contribution in [3.63, 3.8) is 0 Å². The van der Waals surface area contributed by atoms with Crippen LogP contribution in [0.2, 0.25) is 0 Å². The Morgan fingerprint density at radius 3 is 2.25 bits per heavy atom. The molecular formula is C40H23N3S. The molecule has 0 aliphatic heterocycles. The largest absolute Gasteiger partial charge is 0.228 e. The van der Waals surface area contributed by atoms with Crippen molar-refractivity contribution in [3.05, 3.63) is 156 Å². The van der Waals surface area contributed by atoms with Crippen molar-refractivity contribution < 1.29 is 0 Å². The van der Waals surface area contributed by atoms with Crippen molar-refractivity contribution in [2.45, 2.75) is 5.92 Å². The molecule has 6 aromatic carbocycles. The first-order valence-corrected chi connectivity index (χ1v) is 15.5. The Labute approximate surface area is 258 Å². The number of thiophene rings is 1. The highest BCUT2D eigenvalue weighted by Gasteiger charge is 2.31. The van der Waals surface area contributed by atoms with Crippen LogP contribution >= 0.6 is 11.3 Å². The number of para-hydroxylation sites is 1. The molecule has 1 aliphatic rings. The first-order chi connectivity index (χ1) is 21.7. The number of rotatable bonds is 3. The summed E-state index contributed by atoms with van der Waals surface area (Å²) in [5, 5.41) is 12.9. The van der Waals surface area contributed by atoms with Gasteiger partial charge in [-0.2, -0.15) is 5.26 Å². The molecule has 0 spiro atoms. The highest BCUT2D eigenvalue weighted by Crippen LogP contribution is 2.51. The second kappa shape index (κ2) is 9.70. The molecule has 3 nitrogen and oxygen atoms in total. The Kier molecular flexibility index (Phi) is 5.50. The Morgan fingerprint density at radius 2 is 1.36 bits per heavy atom. The summed E-state index contributed by atoms with van der Waals surface area (Å²) in [6.45, 7) is 0. The summed E-state index contributed by atoms with van der Waals surface area (Å²) in [5.74, 6) is 0.804. The van der Waals surface area contributed by atoms with E-state index in [2.05, 4.69) is 97.1 Å². The first-order valence-electron chi connectivity index (χ1n) is 14.7. The van der Waals surface area contributed by atoms with Crippen LogP contribution in [-0.2, 0) is 0 Å². The molecule has 0 fully saturated rings. The maximum Gasteiger partial charge on any atom is 0.160 e. The molecule has 204 valence electrons. The molecule has 0 radical (unpaired) electrons. The summed E-state index contributed by atoms with van der Waals surface area (Å²) in [4.78, 5) is 10.2. The molecule has 0 bridgehead atoms. The molecule has 0 saturated heterocycles. The third-order valence-electron chi connectivity index (χ3n) is 8.79. The molecule has 44 heavy (non-hydrogen) atoms. The van der Waals surface area contributed by atoms with E-state index in [0.717, 1.165) is 27.7 Å². The Morgan fingerprint density at radius 1 is 0.568 bits per heavy atom. The highest BCUT2D eigenvalue weighted by atomic mass is 32.1. The van der Waals surface area contributed by atoms with E-state index < -0.39 is 0 Å². The van der Waals surface area contributed by atoms with Crippen molar-refractivity contribution in [2.75, 3.05) is 0 Å². The number of benzene rings is 6. The van der Waals surface area contributed by atoms with E-state index in [1.165, 1.54) is 48.0 Å². The lowest BCUT2D eigenvalue weighted by atomic mass is 9.88. The van der Waals surface area contributed by atoms with Gasteiger partial charge in [0, 0.05) is 42.6 Å². The van der Waals surface area contributed by atoms with Crippen LogP contribution in [0.25, 0.3) is 64.8 Å². The van der Waals surface area contributed by atoms with Crippen LogP contribution in [0, 0.1) is 11.3 Å². The van der Waals surface area contributed by atoms with Crippen molar-refractivity contribution in [3.8, 4) is 39.8 Å². The summed E-state index contributed by atoms with van der Waals surface area (Å²) in [5.41, 5.74) is 10.9. The Bertz CT molecular complexity index is 2470. The molecule has 0 N–H and O–H groups in total. The third-order valence-corrected chi connectivity index (χ3v) is 9.92. The average molecular weight is 578 g/mol. The van der Waals surface area contributed by atoms with E-state index in [9.17, 15) is 5.26 Å². The second-order valence-corrected chi connectivity index (χ2v) is 12.4. The monoisotopic (exact) mass is 577 g/mol. The van der Waals surface area contributed by atoms with Crippen molar-refractivity contribution in [1.29, 1.82) is 5.26 Å². The number of hydrogen-bond acceptors (Lipinski definition) is 4. The fraction of sp³-hybridized carbons (Fsp3) is 0.0250. The predicted molar refractivity (Wildman–Crippen MR) is 181 cm³/mol. The molecule has 8 aromatic rings. The van der Waals surface area contributed by atoms with E-state index in [1.807, 2.05) is 53.8 Å². The van der Waals surface area contributed by atoms with E-state index in [1.54, 1.807) is 0 Å². The normalized spacial score (nSPS) is 13.7. The lowest BCUT2D eigenvalue weighted by Gasteiger charge is -2.16. The molecule has 0 saturated carbocycles. The fourth-order valence-corrected chi connectivity index (χ4v) is 7.89. The van der Waals surface area contributed by atoms with Crippen LogP contribution in [0.3, 0.4) is 0 Å². The average Bonchev–Trinajstić information content (AvgIpc) is 3.61. The van der Waals surface area contributed by atoms with Crippen LogP contribution in [-0.4, -0.2) is 9.97 Å². The zero-order chi connectivity index (χ0) is 29.2. The van der Waals surface area contributed by atoms with E-state index in [4.69, 9.17) is 9.97 Å². The van der Waals surface area contributed by atoms with Gasteiger partial charge in [-0.3, -0.25) is 0 Å². The van der Waals surface area contributed by atoms with E-state index >= 15 is 0 Å². The zero-order valence-electron chi connectivity index (χ0n) is 23.5. The number of fused-ring (bicyclic) bond motifs is 7. The van der Waals surface area contributed by atoms with Gasteiger partial charge in [0.1, 0.15) is 0 Å². The standard InChI is InChI=1S/C40H23N3S/c41-23-24-16-18-25(19-17-24)39-31-13-3-5-14-35(31)42-40(43-39)27-9-7-8-26(20-27)38-30-12-2-1-10-28(30)32-22-37-33(21-34(32)38)29-11-4-6-15-36(29)44-37/h1-22,38H. The summed E-state index contributed by atoms with van der Waals surface area (Å²) in [7, 11) is 0. The fourth-order valence-electron chi connectivity index (χ4n) is 6.77. The lowest BCUT2D eigenvalue weighted by Crippen LogP contribution is -2.01. The van der Waals surface area contributed by atoms with Gasteiger partial charge in [-0.15, -0.1) is 11.3 Å². The van der Waals surface area contributed by atoms with Gasteiger partial charge >= 0.3 is 0 Å². The van der Waals surface area contributed by atoms with E-state index in [0.29, 0.717) is 11.4 Å². The van der Waals surface area contributed by atoms with E-state index in [-0.39, 0.29) is 5.92 Å². The van der Waals surface area contributed by atoms with Gasteiger partial charge in [0.2, 0.25) is 0 Å². The lowest BCUT2D eigenvalue weighted by molar-refractivity contribution is 1.02. The molecule has 0 amide bonds. The number of nitrogens with zero attached hydrogens (tertiary/aromatic N) is 3. The van der Waals surface area contributed by atoms with Crippen molar-refractivity contribution in [2.24, 2.45) is 0 Å². The summed E-state index contributed by atoms with van der Waals surface area (Å²) < 4.78 is 2.65. The summed E-state index contributed by atoms with van der Waals surface area (Å²) in [6.07, 6.45) is 0. The molecular weight excluding hydrogens is 555 g/mol. The minimum Gasteiger partial charge on any atom is -0.228 e. The zero-order valence-corrected chi connectivity index (χ0v) is 24.3. The van der Waals surface area contributed by atoms with Gasteiger partial charge in [0.05, 0.1) is 22.8 Å². The molecule has 2 aromatic heterocycles.